The fraction of sp³-hybridized carbons (Fsp3) is 0.263. The summed E-state index contributed by atoms with van der Waals surface area (Å²) in [5.41, 5.74) is 2.58. The maximum absolute atomic E-state index is 13.0. The van der Waals surface area contributed by atoms with Crippen molar-refractivity contribution in [2.45, 2.75) is 25.4 Å². The number of hydrogen-bond donors (Lipinski definition) is 1. The van der Waals surface area contributed by atoms with E-state index in [4.69, 9.17) is 4.74 Å². The summed E-state index contributed by atoms with van der Waals surface area (Å²) in [4.78, 5) is 22.3. The number of hydrogen-bond acceptors (Lipinski definition) is 3. The van der Waals surface area contributed by atoms with Crippen LogP contribution in [0, 0.1) is 0 Å². The van der Waals surface area contributed by atoms with Crippen LogP contribution in [0.5, 0.6) is 5.75 Å². The second-order valence-electron chi connectivity index (χ2n) is 6.16. The average molecular weight is 321 g/mol. The molecule has 3 aromatic rings. The zero-order chi connectivity index (χ0) is 16.5. The molecule has 24 heavy (non-hydrogen) atoms. The summed E-state index contributed by atoms with van der Waals surface area (Å²) in [6.45, 7) is 0.593. The summed E-state index contributed by atoms with van der Waals surface area (Å²) in [5.74, 6) is 0.814. The van der Waals surface area contributed by atoms with Gasteiger partial charge in [-0.25, -0.2) is 0 Å². The van der Waals surface area contributed by atoms with E-state index in [1.54, 1.807) is 13.3 Å². The average Bonchev–Trinajstić information content (AvgIpc) is 3.37. The molecule has 0 bridgehead atoms. The van der Waals surface area contributed by atoms with Crippen LogP contribution in [-0.2, 0) is 6.54 Å². The second-order valence-corrected chi connectivity index (χ2v) is 6.16. The number of aromatic amines is 1. The number of methoxy groups -OCH3 is 1. The monoisotopic (exact) mass is 321 g/mol. The van der Waals surface area contributed by atoms with E-state index in [0.717, 1.165) is 35.1 Å². The van der Waals surface area contributed by atoms with Gasteiger partial charge in [0.1, 0.15) is 11.4 Å². The van der Waals surface area contributed by atoms with Crippen LogP contribution in [0.15, 0.2) is 48.8 Å². The summed E-state index contributed by atoms with van der Waals surface area (Å²) in [6, 6.07) is 11.9. The fourth-order valence-corrected chi connectivity index (χ4v) is 2.94. The molecule has 1 aliphatic rings. The van der Waals surface area contributed by atoms with Crippen LogP contribution in [0.3, 0.4) is 0 Å². The molecule has 1 amide bonds. The molecule has 1 N–H and O–H groups in total. The molecule has 5 heteroatoms. The highest BCUT2D eigenvalue weighted by Gasteiger charge is 2.33. The molecule has 4 rings (SSSR count). The van der Waals surface area contributed by atoms with E-state index in [9.17, 15) is 4.79 Å². The molecule has 1 saturated carbocycles. The minimum absolute atomic E-state index is 0.0384. The number of amides is 1. The van der Waals surface area contributed by atoms with Gasteiger partial charge in [-0.05, 0) is 42.7 Å². The van der Waals surface area contributed by atoms with Crippen molar-refractivity contribution in [3.8, 4) is 5.75 Å². The van der Waals surface area contributed by atoms with Crippen LogP contribution in [0.25, 0.3) is 10.9 Å². The van der Waals surface area contributed by atoms with Crippen LogP contribution in [-0.4, -0.2) is 33.9 Å². The number of benzene rings is 1. The third-order valence-corrected chi connectivity index (χ3v) is 4.38. The van der Waals surface area contributed by atoms with Gasteiger partial charge in [-0.1, -0.05) is 6.07 Å². The number of rotatable bonds is 5. The largest absolute Gasteiger partial charge is 0.497 e. The Morgan fingerprint density at radius 1 is 1.33 bits per heavy atom. The molecular weight excluding hydrogens is 302 g/mol. The number of aromatic nitrogens is 2. The Hall–Kier alpha value is -2.82. The quantitative estimate of drug-likeness (QED) is 0.784. The van der Waals surface area contributed by atoms with Crippen LogP contribution in [0.4, 0.5) is 0 Å². The topological polar surface area (TPSA) is 58.2 Å². The number of carbonyl (C=O) groups excluding carboxylic acids is 1. The van der Waals surface area contributed by atoms with Crippen LogP contribution >= 0.6 is 0 Å². The van der Waals surface area contributed by atoms with E-state index in [2.05, 4.69) is 9.97 Å². The van der Waals surface area contributed by atoms with E-state index in [0.29, 0.717) is 18.3 Å². The van der Waals surface area contributed by atoms with Gasteiger partial charge in [0.2, 0.25) is 0 Å². The first-order valence-electron chi connectivity index (χ1n) is 8.11. The minimum atomic E-state index is 0.0384. The summed E-state index contributed by atoms with van der Waals surface area (Å²) < 4.78 is 5.24. The molecule has 1 fully saturated rings. The van der Waals surface area contributed by atoms with E-state index in [1.165, 1.54) is 0 Å². The van der Waals surface area contributed by atoms with Gasteiger partial charge in [0.25, 0.3) is 5.91 Å². The fourth-order valence-electron chi connectivity index (χ4n) is 2.94. The van der Waals surface area contributed by atoms with Gasteiger partial charge in [0, 0.05) is 41.9 Å². The van der Waals surface area contributed by atoms with Crippen molar-refractivity contribution in [1.82, 2.24) is 14.9 Å². The maximum Gasteiger partial charge on any atom is 0.270 e. The highest BCUT2D eigenvalue weighted by atomic mass is 16.5. The summed E-state index contributed by atoms with van der Waals surface area (Å²) in [6.07, 6.45) is 5.71. The molecule has 0 saturated heterocycles. The SMILES string of the molecule is COc1ccc2cc(C(=O)N(Cc3cccnc3)C3CC3)[nH]c2c1. The first kappa shape index (κ1) is 14.8. The van der Waals surface area contributed by atoms with Crippen molar-refractivity contribution in [3.63, 3.8) is 0 Å². The van der Waals surface area contributed by atoms with Gasteiger partial charge in [0.05, 0.1) is 7.11 Å². The first-order valence-corrected chi connectivity index (χ1v) is 8.11. The maximum atomic E-state index is 13.0. The molecule has 1 aromatic carbocycles. The highest BCUT2D eigenvalue weighted by Crippen LogP contribution is 2.30. The predicted octanol–water partition coefficient (Wildman–Crippen LogP) is 3.38. The number of carbonyl (C=O) groups is 1. The third kappa shape index (κ3) is 2.85. The van der Waals surface area contributed by atoms with Crippen LogP contribution in [0.1, 0.15) is 28.9 Å². The smallest absolute Gasteiger partial charge is 0.270 e. The van der Waals surface area contributed by atoms with Crippen LogP contribution < -0.4 is 4.74 Å². The first-order chi connectivity index (χ1) is 11.7. The number of ether oxygens (including phenoxy) is 1. The zero-order valence-electron chi connectivity index (χ0n) is 13.5. The van der Waals surface area contributed by atoms with Crippen molar-refractivity contribution in [2.24, 2.45) is 0 Å². The molecule has 0 radical (unpaired) electrons. The van der Waals surface area contributed by atoms with Gasteiger partial charge < -0.3 is 14.6 Å². The Morgan fingerprint density at radius 3 is 2.92 bits per heavy atom. The van der Waals surface area contributed by atoms with E-state index >= 15 is 0 Å². The predicted molar refractivity (Wildman–Crippen MR) is 92.0 cm³/mol. The third-order valence-electron chi connectivity index (χ3n) is 4.38. The molecule has 0 unspecified atom stereocenters. The Morgan fingerprint density at radius 2 is 2.21 bits per heavy atom. The molecular formula is C19H19N3O2. The van der Waals surface area contributed by atoms with E-state index in [1.807, 2.05) is 47.5 Å². The molecule has 1 aliphatic carbocycles. The standard InChI is InChI=1S/C19H19N3O2/c1-24-16-7-4-14-9-18(21-17(14)10-16)19(23)22(15-5-6-15)12-13-3-2-8-20-11-13/h2-4,7-11,15,21H,5-6,12H2,1H3. The highest BCUT2D eigenvalue weighted by molar-refractivity contribution is 5.98. The van der Waals surface area contributed by atoms with Crippen molar-refractivity contribution in [1.29, 1.82) is 0 Å². The van der Waals surface area contributed by atoms with Gasteiger partial charge in [-0.15, -0.1) is 0 Å². The van der Waals surface area contributed by atoms with Crippen molar-refractivity contribution in [3.05, 3.63) is 60.0 Å². The molecule has 2 aromatic heterocycles. The number of H-pyrrole nitrogens is 1. The molecule has 122 valence electrons. The minimum Gasteiger partial charge on any atom is -0.497 e. The normalized spacial score (nSPS) is 13.9. The molecule has 0 aliphatic heterocycles. The molecule has 0 spiro atoms. The lowest BCUT2D eigenvalue weighted by molar-refractivity contribution is 0.0725. The van der Waals surface area contributed by atoms with Crippen molar-refractivity contribution >= 4 is 16.8 Å². The Balaban J connectivity index is 1.62. The lowest BCUT2D eigenvalue weighted by atomic mass is 10.2. The summed E-state index contributed by atoms with van der Waals surface area (Å²) >= 11 is 0. The van der Waals surface area contributed by atoms with Crippen molar-refractivity contribution in [2.75, 3.05) is 7.11 Å². The second kappa shape index (κ2) is 6.00. The van der Waals surface area contributed by atoms with Crippen molar-refractivity contribution < 1.29 is 9.53 Å². The number of pyridine rings is 1. The lowest BCUT2D eigenvalue weighted by Crippen LogP contribution is -2.32. The molecule has 2 heterocycles. The van der Waals surface area contributed by atoms with Gasteiger partial charge in [-0.2, -0.15) is 0 Å². The van der Waals surface area contributed by atoms with Gasteiger partial charge >= 0.3 is 0 Å². The zero-order valence-corrected chi connectivity index (χ0v) is 13.5. The lowest BCUT2D eigenvalue weighted by Gasteiger charge is -2.21. The number of nitrogens with one attached hydrogen (secondary N) is 1. The van der Waals surface area contributed by atoms with E-state index in [-0.39, 0.29) is 5.91 Å². The van der Waals surface area contributed by atoms with Crippen LogP contribution in [0.2, 0.25) is 0 Å². The molecule has 5 nitrogen and oxygen atoms in total. The molecule has 0 atom stereocenters. The van der Waals surface area contributed by atoms with Gasteiger partial charge in [0.15, 0.2) is 0 Å². The summed E-state index contributed by atoms with van der Waals surface area (Å²) in [5, 5.41) is 1.01. The number of nitrogens with zero attached hydrogens (tertiary/aromatic N) is 2. The summed E-state index contributed by atoms with van der Waals surface area (Å²) in [7, 11) is 1.64. The number of fused-ring (bicyclic) bond motifs is 1. The Bertz CT molecular complexity index is 869. The van der Waals surface area contributed by atoms with Gasteiger partial charge in [-0.3, -0.25) is 9.78 Å². The Kier molecular flexibility index (Phi) is 3.69. The van der Waals surface area contributed by atoms with E-state index < -0.39 is 0 Å². The Labute approximate surface area is 140 Å².